The number of benzene rings is 1. The Morgan fingerprint density at radius 3 is 2.62 bits per heavy atom. The van der Waals surface area contributed by atoms with Crippen molar-refractivity contribution in [2.24, 2.45) is 0 Å². The molecule has 3 nitrogen and oxygen atoms in total. The Labute approximate surface area is 132 Å². The van der Waals surface area contributed by atoms with Gasteiger partial charge in [-0.3, -0.25) is 4.79 Å². The van der Waals surface area contributed by atoms with Crippen molar-refractivity contribution >= 4 is 17.7 Å². The number of hydrogen-bond donors (Lipinski definition) is 1. The Morgan fingerprint density at radius 2 is 2.00 bits per heavy atom. The van der Waals surface area contributed by atoms with Crippen molar-refractivity contribution < 1.29 is 9.53 Å². The minimum atomic E-state index is -0.574. The van der Waals surface area contributed by atoms with Crippen molar-refractivity contribution in [1.82, 2.24) is 5.32 Å². The first kappa shape index (κ1) is 18.1. The van der Waals surface area contributed by atoms with Crippen LogP contribution in [0.4, 0.5) is 0 Å². The van der Waals surface area contributed by atoms with E-state index in [9.17, 15) is 4.79 Å². The van der Waals surface area contributed by atoms with Gasteiger partial charge in [-0.1, -0.05) is 37.3 Å². The molecule has 1 N–H and O–H groups in total. The minimum absolute atomic E-state index is 0.140. The van der Waals surface area contributed by atoms with Gasteiger partial charge in [0.05, 0.1) is 6.61 Å². The van der Waals surface area contributed by atoms with Gasteiger partial charge in [0.15, 0.2) is 0 Å². The van der Waals surface area contributed by atoms with Gasteiger partial charge >= 0.3 is 5.97 Å². The normalized spacial score (nSPS) is 13.7. The average molecular weight is 309 g/mol. The molecular formula is C17H27NO2S. The molecule has 118 valence electrons. The number of rotatable bonds is 10. The molecule has 0 heterocycles. The molecule has 0 saturated heterocycles. The molecule has 0 amide bonds. The van der Waals surface area contributed by atoms with Gasteiger partial charge in [0.2, 0.25) is 0 Å². The summed E-state index contributed by atoms with van der Waals surface area (Å²) in [5, 5.41) is 3.34. The van der Waals surface area contributed by atoms with Crippen LogP contribution in [0.1, 0.15) is 39.2 Å². The Bertz CT molecular complexity index is 411. The summed E-state index contributed by atoms with van der Waals surface area (Å²) in [5.41, 5.74) is 0.747. The standard InChI is InChI=1S/C17H27NO2S/c1-4-12-18-17(3,16(19)20-5-2)11-13-21-14-15-9-7-6-8-10-15/h6-10,18H,4-5,11-14H2,1-3H3. The van der Waals surface area contributed by atoms with Gasteiger partial charge in [-0.2, -0.15) is 11.8 Å². The molecule has 1 aromatic rings. The molecule has 0 bridgehead atoms. The highest BCUT2D eigenvalue weighted by Gasteiger charge is 2.33. The highest BCUT2D eigenvalue weighted by molar-refractivity contribution is 7.98. The van der Waals surface area contributed by atoms with E-state index < -0.39 is 5.54 Å². The molecular weight excluding hydrogens is 282 g/mol. The first-order valence-corrected chi connectivity index (χ1v) is 8.81. The lowest BCUT2D eigenvalue weighted by molar-refractivity contribution is -0.150. The van der Waals surface area contributed by atoms with Crippen LogP contribution in [0.25, 0.3) is 0 Å². The van der Waals surface area contributed by atoms with Crippen LogP contribution >= 0.6 is 11.8 Å². The van der Waals surface area contributed by atoms with E-state index in [2.05, 4.69) is 36.5 Å². The first-order valence-electron chi connectivity index (χ1n) is 7.66. The van der Waals surface area contributed by atoms with Crippen molar-refractivity contribution in [3.05, 3.63) is 35.9 Å². The highest BCUT2D eigenvalue weighted by Crippen LogP contribution is 2.19. The molecule has 1 rings (SSSR count). The van der Waals surface area contributed by atoms with Gasteiger partial charge in [-0.25, -0.2) is 0 Å². The Hall–Kier alpha value is -1.00. The fourth-order valence-electron chi connectivity index (χ4n) is 1.99. The van der Waals surface area contributed by atoms with E-state index in [0.717, 1.165) is 30.9 Å². The van der Waals surface area contributed by atoms with Crippen LogP contribution in [0.3, 0.4) is 0 Å². The van der Waals surface area contributed by atoms with Gasteiger partial charge in [0.1, 0.15) is 5.54 Å². The lowest BCUT2D eigenvalue weighted by Gasteiger charge is -2.28. The van der Waals surface area contributed by atoms with Crippen LogP contribution in [0.2, 0.25) is 0 Å². The third kappa shape index (κ3) is 6.53. The van der Waals surface area contributed by atoms with Crippen molar-refractivity contribution in [2.75, 3.05) is 18.9 Å². The lowest BCUT2D eigenvalue weighted by atomic mass is 9.99. The molecule has 1 unspecified atom stereocenters. The van der Waals surface area contributed by atoms with Gasteiger partial charge in [-0.05, 0) is 44.6 Å². The maximum Gasteiger partial charge on any atom is 0.326 e. The molecule has 0 saturated carbocycles. The molecule has 0 radical (unpaired) electrons. The van der Waals surface area contributed by atoms with Crippen molar-refractivity contribution in [3.63, 3.8) is 0 Å². The topological polar surface area (TPSA) is 38.3 Å². The number of nitrogens with one attached hydrogen (secondary N) is 1. The van der Waals surface area contributed by atoms with E-state index in [0.29, 0.717) is 6.61 Å². The summed E-state index contributed by atoms with van der Waals surface area (Å²) in [6, 6.07) is 10.4. The monoisotopic (exact) mass is 309 g/mol. The summed E-state index contributed by atoms with van der Waals surface area (Å²) in [7, 11) is 0. The molecule has 0 aliphatic rings. The Kier molecular flexibility index (Phi) is 8.47. The van der Waals surface area contributed by atoms with E-state index >= 15 is 0 Å². The maximum atomic E-state index is 12.1. The van der Waals surface area contributed by atoms with Gasteiger partial charge in [-0.15, -0.1) is 0 Å². The van der Waals surface area contributed by atoms with Crippen LogP contribution < -0.4 is 5.32 Å². The Morgan fingerprint density at radius 1 is 1.29 bits per heavy atom. The van der Waals surface area contributed by atoms with E-state index in [1.807, 2.05) is 31.7 Å². The summed E-state index contributed by atoms with van der Waals surface area (Å²) in [6.07, 6.45) is 1.79. The fraction of sp³-hybridized carbons (Fsp3) is 0.588. The first-order chi connectivity index (χ1) is 10.1. The van der Waals surface area contributed by atoms with E-state index in [1.165, 1.54) is 5.56 Å². The van der Waals surface area contributed by atoms with Crippen LogP contribution in [0.5, 0.6) is 0 Å². The van der Waals surface area contributed by atoms with Crippen LogP contribution in [0, 0.1) is 0 Å². The number of esters is 1. The second kappa shape index (κ2) is 9.85. The zero-order valence-electron chi connectivity index (χ0n) is 13.4. The molecule has 21 heavy (non-hydrogen) atoms. The third-order valence-electron chi connectivity index (χ3n) is 3.35. The molecule has 0 fully saturated rings. The van der Waals surface area contributed by atoms with Crippen molar-refractivity contribution in [3.8, 4) is 0 Å². The molecule has 0 aromatic heterocycles. The van der Waals surface area contributed by atoms with Crippen LogP contribution in [0.15, 0.2) is 30.3 Å². The number of carbonyl (C=O) groups excluding carboxylic acids is 1. The molecule has 0 aliphatic heterocycles. The molecule has 0 spiro atoms. The van der Waals surface area contributed by atoms with Crippen molar-refractivity contribution in [1.29, 1.82) is 0 Å². The smallest absolute Gasteiger partial charge is 0.326 e. The lowest BCUT2D eigenvalue weighted by Crippen LogP contribution is -2.51. The van der Waals surface area contributed by atoms with Crippen LogP contribution in [-0.2, 0) is 15.3 Å². The maximum absolute atomic E-state index is 12.1. The summed E-state index contributed by atoms with van der Waals surface area (Å²) >= 11 is 1.85. The zero-order chi connectivity index (χ0) is 15.6. The average Bonchev–Trinajstić information content (AvgIpc) is 2.51. The SMILES string of the molecule is CCCNC(C)(CCSCc1ccccc1)C(=O)OCC. The number of carbonyl (C=O) groups is 1. The largest absolute Gasteiger partial charge is 0.465 e. The zero-order valence-corrected chi connectivity index (χ0v) is 14.2. The van der Waals surface area contributed by atoms with Crippen LogP contribution in [-0.4, -0.2) is 30.4 Å². The molecule has 1 atom stereocenters. The second-order valence-electron chi connectivity index (χ2n) is 5.27. The second-order valence-corrected chi connectivity index (χ2v) is 6.37. The molecule has 1 aromatic carbocycles. The summed E-state index contributed by atoms with van der Waals surface area (Å²) in [6.45, 7) is 7.16. The van der Waals surface area contributed by atoms with E-state index in [4.69, 9.17) is 4.74 Å². The quantitative estimate of drug-likeness (QED) is 0.529. The summed E-state index contributed by atoms with van der Waals surface area (Å²) in [5.74, 6) is 1.77. The van der Waals surface area contributed by atoms with E-state index in [1.54, 1.807) is 0 Å². The van der Waals surface area contributed by atoms with E-state index in [-0.39, 0.29) is 5.97 Å². The number of ether oxygens (including phenoxy) is 1. The third-order valence-corrected chi connectivity index (χ3v) is 4.38. The summed E-state index contributed by atoms with van der Waals surface area (Å²) < 4.78 is 5.21. The predicted octanol–water partition coefficient (Wildman–Crippen LogP) is 3.63. The Balaban J connectivity index is 2.43. The van der Waals surface area contributed by atoms with Gasteiger partial charge in [0.25, 0.3) is 0 Å². The predicted molar refractivity (Wildman–Crippen MR) is 90.6 cm³/mol. The summed E-state index contributed by atoms with van der Waals surface area (Å²) in [4.78, 5) is 12.1. The minimum Gasteiger partial charge on any atom is -0.465 e. The molecule has 4 heteroatoms. The molecule has 0 aliphatic carbocycles. The fourth-order valence-corrected chi connectivity index (χ4v) is 3.12. The number of thioether (sulfide) groups is 1. The number of hydrogen-bond acceptors (Lipinski definition) is 4. The van der Waals surface area contributed by atoms with Gasteiger partial charge in [0, 0.05) is 5.75 Å². The van der Waals surface area contributed by atoms with Gasteiger partial charge < -0.3 is 10.1 Å². The highest BCUT2D eigenvalue weighted by atomic mass is 32.2. The van der Waals surface area contributed by atoms with Crippen molar-refractivity contribution in [2.45, 2.75) is 44.9 Å².